The van der Waals surface area contributed by atoms with E-state index in [0.717, 1.165) is 28.4 Å². The van der Waals surface area contributed by atoms with Gasteiger partial charge in [-0.1, -0.05) is 24.6 Å². The number of ketones is 1. The number of halogens is 1. The molecule has 0 aromatic heterocycles. The molecule has 74 valence electrons. The molecule has 0 saturated heterocycles. The molecule has 0 spiro atoms. The van der Waals surface area contributed by atoms with Crippen molar-refractivity contribution in [1.29, 1.82) is 0 Å². The lowest BCUT2D eigenvalue weighted by Gasteiger charge is -2.24. The van der Waals surface area contributed by atoms with E-state index in [1.165, 1.54) is 6.42 Å². The summed E-state index contributed by atoms with van der Waals surface area (Å²) in [4.78, 5) is 12.0. The Morgan fingerprint density at radius 1 is 1.43 bits per heavy atom. The van der Waals surface area contributed by atoms with E-state index in [1.807, 2.05) is 25.1 Å². The van der Waals surface area contributed by atoms with Crippen LogP contribution in [0.5, 0.6) is 0 Å². The molecule has 2 rings (SSSR count). The van der Waals surface area contributed by atoms with E-state index >= 15 is 0 Å². The molecule has 1 aliphatic rings. The van der Waals surface area contributed by atoms with Gasteiger partial charge in [0.05, 0.1) is 0 Å². The van der Waals surface area contributed by atoms with Crippen molar-refractivity contribution in [3.8, 4) is 0 Å². The first-order valence-corrected chi connectivity index (χ1v) is 5.79. The number of hydrogen-bond donors (Lipinski definition) is 0. The van der Waals surface area contributed by atoms with Gasteiger partial charge in [-0.25, -0.2) is 0 Å². The minimum absolute atomic E-state index is 0.285. The third-order valence-corrected chi connectivity index (χ3v) is 3.99. The Balaban J connectivity index is 2.31. The van der Waals surface area contributed by atoms with Gasteiger partial charge in [0.1, 0.15) is 0 Å². The standard InChI is InChI=1S/C12H13BrO/c1-8-4-2-7-10(11(8)13)12(14)9-5-3-6-9/h2,4,7,9H,3,5-6H2,1H3. The zero-order chi connectivity index (χ0) is 10.1. The van der Waals surface area contributed by atoms with Crippen LogP contribution in [0.15, 0.2) is 22.7 Å². The van der Waals surface area contributed by atoms with Crippen LogP contribution in [0.4, 0.5) is 0 Å². The lowest BCUT2D eigenvalue weighted by atomic mass is 9.80. The number of rotatable bonds is 2. The van der Waals surface area contributed by atoms with Crippen molar-refractivity contribution in [3.05, 3.63) is 33.8 Å². The summed E-state index contributed by atoms with van der Waals surface area (Å²) in [5, 5.41) is 0. The summed E-state index contributed by atoms with van der Waals surface area (Å²) in [5.74, 6) is 0.597. The highest BCUT2D eigenvalue weighted by molar-refractivity contribution is 9.10. The zero-order valence-electron chi connectivity index (χ0n) is 8.22. The molecule has 0 atom stereocenters. The highest BCUT2D eigenvalue weighted by Gasteiger charge is 2.27. The molecule has 0 heterocycles. The van der Waals surface area contributed by atoms with Gasteiger partial charge in [-0.05, 0) is 41.3 Å². The van der Waals surface area contributed by atoms with E-state index < -0.39 is 0 Å². The number of carbonyl (C=O) groups is 1. The first-order chi connectivity index (χ1) is 6.70. The van der Waals surface area contributed by atoms with Gasteiger partial charge < -0.3 is 0 Å². The van der Waals surface area contributed by atoms with Gasteiger partial charge in [0.2, 0.25) is 0 Å². The molecule has 1 fully saturated rings. The first-order valence-electron chi connectivity index (χ1n) is 4.99. The van der Waals surface area contributed by atoms with Crippen molar-refractivity contribution in [3.63, 3.8) is 0 Å². The predicted molar refractivity (Wildman–Crippen MR) is 60.6 cm³/mol. The van der Waals surface area contributed by atoms with Crippen molar-refractivity contribution in [2.75, 3.05) is 0 Å². The fourth-order valence-electron chi connectivity index (χ4n) is 1.73. The average molecular weight is 253 g/mol. The van der Waals surface area contributed by atoms with Crippen LogP contribution in [0.1, 0.15) is 35.2 Å². The largest absolute Gasteiger partial charge is 0.294 e. The maximum absolute atomic E-state index is 12.0. The zero-order valence-corrected chi connectivity index (χ0v) is 9.80. The van der Waals surface area contributed by atoms with Gasteiger partial charge in [0.25, 0.3) is 0 Å². The Labute approximate surface area is 92.6 Å². The maximum Gasteiger partial charge on any atom is 0.167 e. The van der Waals surface area contributed by atoms with Crippen LogP contribution in [-0.4, -0.2) is 5.78 Å². The van der Waals surface area contributed by atoms with Gasteiger partial charge in [-0.3, -0.25) is 4.79 Å². The van der Waals surface area contributed by atoms with Crippen molar-refractivity contribution >= 4 is 21.7 Å². The molecule has 1 saturated carbocycles. The van der Waals surface area contributed by atoms with Crippen LogP contribution in [0, 0.1) is 12.8 Å². The number of hydrogen-bond acceptors (Lipinski definition) is 1. The summed E-state index contributed by atoms with van der Waals surface area (Å²) in [6.07, 6.45) is 3.35. The van der Waals surface area contributed by atoms with E-state index in [-0.39, 0.29) is 5.92 Å². The van der Waals surface area contributed by atoms with Crippen molar-refractivity contribution in [1.82, 2.24) is 0 Å². The molecule has 0 unspecified atom stereocenters. The van der Waals surface area contributed by atoms with Crippen LogP contribution in [0.25, 0.3) is 0 Å². The number of aryl methyl sites for hydroxylation is 1. The van der Waals surface area contributed by atoms with Gasteiger partial charge >= 0.3 is 0 Å². The summed E-state index contributed by atoms with van der Waals surface area (Å²) in [7, 11) is 0. The van der Waals surface area contributed by atoms with Crippen molar-refractivity contribution in [2.24, 2.45) is 5.92 Å². The fourth-order valence-corrected chi connectivity index (χ4v) is 2.19. The quantitative estimate of drug-likeness (QED) is 0.734. The van der Waals surface area contributed by atoms with Crippen LogP contribution in [0.3, 0.4) is 0 Å². The van der Waals surface area contributed by atoms with Gasteiger partial charge in [-0.15, -0.1) is 0 Å². The second kappa shape index (κ2) is 3.85. The smallest absolute Gasteiger partial charge is 0.167 e. The van der Waals surface area contributed by atoms with Gasteiger partial charge in [-0.2, -0.15) is 0 Å². The summed E-state index contributed by atoms with van der Waals surface area (Å²) >= 11 is 3.48. The van der Waals surface area contributed by atoms with E-state index in [4.69, 9.17) is 0 Å². The molecular weight excluding hydrogens is 240 g/mol. The minimum Gasteiger partial charge on any atom is -0.294 e. The Morgan fingerprint density at radius 3 is 2.71 bits per heavy atom. The summed E-state index contributed by atoms with van der Waals surface area (Å²) in [6, 6.07) is 5.88. The maximum atomic E-state index is 12.0. The van der Waals surface area contributed by atoms with Crippen LogP contribution < -0.4 is 0 Å². The summed E-state index contributed by atoms with van der Waals surface area (Å²) in [5.41, 5.74) is 1.99. The molecular formula is C12H13BrO. The SMILES string of the molecule is Cc1cccc(C(=O)C2CCC2)c1Br. The molecule has 0 radical (unpaired) electrons. The second-order valence-electron chi connectivity index (χ2n) is 3.93. The topological polar surface area (TPSA) is 17.1 Å². The van der Waals surface area contributed by atoms with Crippen LogP contribution >= 0.6 is 15.9 Å². The lowest BCUT2D eigenvalue weighted by Crippen LogP contribution is -2.22. The molecule has 0 N–H and O–H groups in total. The van der Waals surface area contributed by atoms with Crippen molar-refractivity contribution in [2.45, 2.75) is 26.2 Å². The second-order valence-corrected chi connectivity index (χ2v) is 4.72. The molecule has 2 heteroatoms. The predicted octanol–water partition coefficient (Wildman–Crippen LogP) is 3.74. The lowest BCUT2D eigenvalue weighted by molar-refractivity contribution is 0.0854. The highest BCUT2D eigenvalue weighted by Crippen LogP contribution is 2.32. The fraction of sp³-hybridized carbons (Fsp3) is 0.417. The molecule has 1 nitrogen and oxygen atoms in total. The molecule has 0 aliphatic heterocycles. The van der Waals surface area contributed by atoms with Crippen LogP contribution in [-0.2, 0) is 0 Å². The summed E-state index contributed by atoms with van der Waals surface area (Å²) < 4.78 is 0.969. The summed E-state index contributed by atoms with van der Waals surface area (Å²) in [6.45, 7) is 2.02. The normalized spacial score (nSPS) is 16.4. The van der Waals surface area contributed by atoms with Crippen LogP contribution in [0.2, 0.25) is 0 Å². The number of carbonyl (C=O) groups excluding carboxylic acids is 1. The third kappa shape index (κ3) is 1.63. The number of benzene rings is 1. The van der Waals surface area contributed by atoms with Crippen molar-refractivity contribution < 1.29 is 4.79 Å². The Kier molecular flexibility index (Phi) is 2.73. The van der Waals surface area contributed by atoms with E-state index in [2.05, 4.69) is 15.9 Å². The third-order valence-electron chi connectivity index (χ3n) is 2.93. The molecule has 1 aromatic rings. The Bertz CT molecular complexity index is 367. The minimum atomic E-state index is 0.285. The first kappa shape index (κ1) is 9.91. The molecule has 1 aliphatic carbocycles. The molecule has 0 bridgehead atoms. The van der Waals surface area contributed by atoms with Gasteiger partial charge in [0.15, 0.2) is 5.78 Å². The average Bonchev–Trinajstić information content (AvgIpc) is 2.06. The monoisotopic (exact) mass is 252 g/mol. The molecule has 0 amide bonds. The van der Waals surface area contributed by atoms with E-state index in [0.29, 0.717) is 5.78 Å². The van der Waals surface area contributed by atoms with Gasteiger partial charge in [0, 0.05) is 16.0 Å². The molecule has 1 aromatic carbocycles. The number of Topliss-reactive ketones (excluding diaryl/α,β-unsaturated/α-hetero) is 1. The molecule has 14 heavy (non-hydrogen) atoms. The Morgan fingerprint density at radius 2 is 2.14 bits per heavy atom. The highest BCUT2D eigenvalue weighted by atomic mass is 79.9. The van der Waals surface area contributed by atoms with E-state index in [1.54, 1.807) is 0 Å². The van der Waals surface area contributed by atoms with E-state index in [9.17, 15) is 4.79 Å². The Hall–Kier alpha value is -0.630.